The van der Waals surface area contributed by atoms with Crippen molar-refractivity contribution < 1.29 is 8.42 Å². The van der Waals surface area contributed by atoms with E-state index in [0.717, 1.165) is 31.5 Å². The van der Waals surface area contributed by atoms with Gasteiger partial charge in [-0.2, -0.15) is 4.31 Å². The number of alkyl halides is 1. The van der Waals surface area contributed by atoms with E-state index < -0.39 is 10.0 Å². The van der Waals surface area contributed by atoms with Crippen LogP contribution in [0.4, 0.5) is 0 Å². The van der Waals surface area contributed by atoms with Crippen molar-refractivity contribution in [1.82, 2.24) is 9.21 Å². The zero-order valence-electron chi connectivity index (χ0n) is 12.2. The van der Waals surface area contributed by atoms with Gasteiger partial charge in [0.05, 0.1) is 5.02 Å². The fraction of sp³-hybridized carbons (Fsp3) is 0.571. The van der Waals surface area contributed by atoms with Gasteiger partial charge in [-0.15, -0.1) is 11.6 Å². The molecule has 2 rings (SSSR count). The lowest BCUT2D eigenvalue weighted by molar-refractivity contribution is 0.187. The van der Waals surface area contributed by atoms with Crippen molar-refractivity contribution >= 4 is 33.2 Å². The van der Waals surface area contributed by atoms with E-state index >= 15 is 0 Å². The molecule has 0 radical (unpaired) electrons. The number of halogens is 2. The zero-order valence-corrected chi connectivity index (χ0v) is 14.5. The van der Waals surface area contributed by atoms with E-state index in [4.69, 9.17) is 23.2 Å². The van der Waals surface area contributed by atoms with Crippen LogP contribution in [-0.4, -0.2) is 50.8 Å². The van der Waals surface area contributed by atoms with Crippen molar-refractivity contribution in [1.29, 1.82) is 0 Å². The molecule has 0 N–H and O–H groups in total. The van der Waals surface area contributed by atoms with Gasteiger partial charge in [0.25, 0.3) is 0 Å². The monoisotopic (exact) mass is 350 g/mol. The minimum absolute atomic E-state index is 0.0236. The minimum atomic E-state index is -3.61. The summed E-state index contributed by atoms with van der Waals surface area (Å²) in [6, 6.07) is 4.87. The van der Waals surface area contributed by atoms with Gasteiger partial charge >= 0.3 is 0 Å². The summed E-state index contributed by atoms with van der Waals surface area (Å²) in [5.74, 6) is 0.259. The highest BCUT2D eigenvalue weighted by Crippen LogP contribution is 2.28. The Labute approximate surface area is 136 Å². The molecule has 1 heterocycles. The summed E-state index contributed by atoms with van der Waals surface area (Å²) in [5.41, 5.74) is 0.744. The molecular formula is C14H20Cl2N2O2S. The first-order valence-corrected chi connectivity index (χ1v) is 9.22. The van der Waals surface area contributed by atoms with E-state index in [1.807, 2.05) is 7.05 Å². The first kappa shape index (κ1) is 17.0. The molecule has 0 saturated carbocycles. The van der Waals surface area contributed by atoms with Crippen LogP contribution in [0.5, 0.6) is 0 Å². The van der Waals surface area contributed by atoms with Crippen LogP contribution >= 0.6 is 23.2 Å². The maximum Gasteiger partial charge on any atom is 0.244 e. The molecule has 1 saturated heterocycles. The van der Waals surface area contributed by atoms with E-state index in [0.29, 0.717) is 0 Å². The Hall–Kier alpha value is -0.330. The number of benzene rings is 1. The highest BCUT2D eigenvalue weighted by atomic mass is 35.5. The SMILES string of the molecule is CN1CCCC(N(C)S(=O)(=O)c2cc(CCl)ccc2Cl)C1. The average molecular weight is 351 g/mol. The second kappa shape index (κ2) is 6.84. The third-order valence-electron chi connectivity index (χ3n) is 3.92. The van der Waals surface area contributed by atoms with Crippen LogP contribution in [0, 0.1) is 0 Å². The largest absolute Gasteiger partial charge is 0.305 e. The van der Waals surface area contributed by atoms with E-state index in [1.54, 1.807) is 25.2 Å². The highest BCUT2D eigenvalue weighted by Gasteiger charge is 2.31. The quantitative estimate of drug-likeness (QED) is 0.784. The molecule has 0 spiro atoms. The van der Waals surface area contributed by atoms with Crippen molar-refractivity contribution in [3.63, 3.8) is 0 Å². The predicted octanol–water partition coefficient (Wildman–Crippen LogP) is 2.79. The van der Waals surface area contributed by atoms with E-state index in [1.165, 1.54) is 4.31 Å². The average Bonchev–Trinajstić information content (AvgIpc) is 2.46. The Morgan fingerprint density at radius 1 is 1.43 bits per heavy atom. The number of sulfonamides is 1. The maximum atomic E-state index is 12.8. The van der Waals surface area contributed by atoms with Gasteiger partial charge < -0.3 is 4.90 Å². The van der Waals surface area contributed by atoms with Gasteiger partial charge in [-0.05, 0) is 44.1 Å². The zero-order chi connectivity index (χ0) is 15.6. The molecule has 1 aliphatic heterocycles. The van der Waals surface area contributed by atoms with E-state index in [-0.39, 0.29) is 21.8 Å². The Kier molecular flexibility index (Phi) is 5.54. The predicted molar refractivity (Wildman–Crippen MR) is 86.5 cm³/mol. The molecule has 1 atom stereocenters. The Morgan fingerprint density at radius 3 is 2.76 bits per heavy atom. The van der Waals surface area contributed by atoms with Crippen molar-refractivity contribution in [3.05, 3.63) is 28.8 Å². The highest BCUT2D eigenvalue weighted by molar-refractivity contribution is 7.89. The van der Waals surface area contributed by atoms with Gasteiger partial charge in [-0.3, -0.25) is 0 Å². The molecule has 1 aliphatic rings. The lowest BCUT2D eigenvalue weighted by Gasteiger charge is -2.35. The number of rotatable bonds is 4. The summed E-state index contributed by atoms with van der Waals surface area (Å²) in [6.45, 7) is 1.75. The Balaban J connectivity index is 2.32. The molecule has 1 aromatic carbocycles. The van der Waals surface area contributed by atoms with Crippen molar-refractivity contribution in [3.8, 4) is 0 Å². The summed E-state index contributed by atoms with van der Waals surface area (Å²) in [6.07, 6.45) is 1.86. The molecule has 118 valence electrons. The molecule has 21 heavy (non-hydrogen) atoms. The number of hydrogen-bond acceptors (Lipinski definition) is 3. The van der Waals surface area contributed by atoms with Crippen LogP contribution in [0.25, 0.3) is 0 Å². The molecule has 0 aromatic heterocycles. The van der Waals surface area contributed by atoms with Crippen molar-refractivity contribution in [2.75, 3.05) is 27.2 Å². The van der Waals surface area contributed by atoms with Gasteiger partial charge in [-0.25, -0.2) is 8.42 Å². The van der Waals surface area contributed by atoms with Crippen LogP contribution in [0.1, 0.15) is 18.4 Å². The molecule has 1 aromatic rings. The van der Waals surface area contributed by atoms with Crippen LogP contribution in [0.3, 0.4) is 0 Å². The number of nitrogens with zero attached hydrogens (tertiary/aromatic N) is 2. The summed E-state index contributed by atoms with van der Waals surface area (Å²) < 4.78 is 27.1. The molecule has 0 amide bonds. The van der Waals surface area contributed by atoms with Gasteiger partial charge in [-0.1, -0.05) is 17.7 Å². The van der Waals surface area contributed by atoms with Gasteiger partial charge in [0.1, 0.15) is 4.90 Å². The summed E-state index contributed by atoms with van der Waals surface area (Å²) in [7, 11) is 0.0263. The standard InChI is InChI=1S/C14H20Cl2N2O2S/c1-17-7-3-4-12(10-17)18(2)21(19,20)14-8-11(9-15)5-6-13(14)16/h5-6,8,12H,3-4,7,9-10H2,1-2H3. The molecule has 1 unspecified atom stereocenters. The lowest BCUT2D eigenvalue weighted by Crippen LogP contribution is -2.47. The minimum Gasteiger partial charge on any atom is -0.305 e. The molecule has 7 heteroatoms. The number of likely N-dealkylation sites (tertiary alicyclic amines) is 1. The second-order valence-electron chi connectivity index (χ2n) is 5.48. The molecule has 4 nitrogen and oxygen atoms in total. The fourth-order valence-corrected chi connectivity index (χ4v) is 4.68. The lowest BCUT2D eigenvalue weighted by atomic mass is 10.1. The van der Waals surface area contributed by atoms with Gasteiger partial charge in [0, 0.05) is 25.5 Å². The first-order valence-electron chi connectivity index (χ1n) is 6.87. The van der Waals surface area contributed by atoms with E-state index in [9.17, 15) is 8.42 Å². The van der Waals surface area contributed by atoms with Crippen LogP contribution in [-0.2, 0) is 15.9 Å². The fourth-order valence-electron chi connectivity index (χ4n) is 2.62. The summed E-state index contributed by atoms with van der Waals surface area (Å²) in [5, 5.41) is 0.236. The molecule has 0 aliphatic carbocycles. The molecular weight excluding hydrogens is 331 g/mol. The summed E-state index contributed by atoms with van der Waals surface area (Å²) in [4.78, 5) is 2.29. The first-order chi connectivity index (χ1) is 9.86. The normalized spacial score (nSPS) is 20.9. The van der Waals surface area contributed by atoms with Crippen LogP contribution in [0.2, 0.25) is 5.02 Å². The van der Waals surface area contributed by atoms with Crippen LogP contribution in [0.15, 0.2) is 23.1 Å². The number of likely N-dealkylation sites (N-methyl/N-ethyl adjacent to an activating group) is 2. The number of hydrogen-bond donors (Lipinski definition) is 0. The third-order valence-corrected chi connectivity index (χ3v) is 6.62. The van der Waals surface area contributed by atoms with Crippen LogP contribution < -0.4 is 0 Å². The Morgan fingerprint density at radius 2 is 2.14 bits per heavy atom. The van der Waals surface area contributed by atoms with Crippen molar-refractivity contribution in [2.45, 2.75) is 29.7 Å². The Bertz CT molecular complexity index is 607. The van der Waals surface area contributed by atoms with E-state index in [2.05, 4.69) is 4.90 Å². The van der Waals surface area contributed by atoms with Gasteiger partial charge in [0.2, 0.25) is 10.0 Å². The van der Waals surface area contributed by atoms with Crippen molar-refractivity contribution in [2.24, 2.45) is 0 Å². The topological polar surface area (TPSA) is 40.6 Å². The smallest absolute Gasteiger partial charge is 0.244 e. The second-order valence-corrected chi connectivity index (χ2v) is 8.12. The molecule has 0 bridgehead atoms. The summed E-state index contributed by atoms with van der Waals surface area (Å²) >= 11 is 11.9. The number of piperidine rings is 1. The third kappa shape index (κ3) is 3.71. The maximum absolute atomic E-state index is 12.8. The van der Waals surface area contributed by atoms with Gasteiger partial charge in [0.15, 0.2) is 0 Å². The molecule has 1 fully saturated rings.